The van der Waals surface area contributed by atoms with E-state index in [1.165, 1.54) is 38.5 Å². The second-order valence-corrected chi connectivity index (χ2v) is 36.3. The maximum Gasteiger partial charge on any atom is 0.408 e. The zero-order chi connectivity index (χ0) is 85.8. The lowest BCUT2D eigenvalue weighted by molar-refractivity contribution is -0.402. The molecule has 0 saturated heterocycles. The summed E-state index contributed by atoms with van der Waals surface area (Å²) in [6.07, 6.45) is 4.56. The molecule has 626 valence electrons. The molecule has 47 nitrogen and oxygen atoms in total. The normalized spacial score (nSPS) is 13.1. The van der Waals surface area contributed by atoms with Crippen LogP contribution in [0, 0.1) is 18.3 Å². The summed E-state index contributed by atoms with van der Waals surface area (Å²) in [5.41, 5.74) is 1.55. The van der Waals surface area contributed by atoms with Crippen LogP contribution < -0.4 is 27.0 Å². The lowest BCUT2D eigenvalue weighted by atomic mass is 10.2. The number of H-pyrrole nitrogens is 4. The Labute approximate surface area is 642 Å². The summed E-state index contributed by atoms with van der Waals surface area (Å²) in [5, 5.41) is 72.6. The molecule has 0 fully saturated rings. The summed E-state index contributed by atoms with van der Waals surface area (Å²) < 4.78 is 147. The van der Waals surface area contributed by atoms with Crippen LogP contribution in [0.5, 0.6) is 0 Å². The van der Waals surface area contributed by atoms with Crippen molar-refractivity contribution in [1.82, 2.24) is 104 Å². The van der Waals surface area contributed by atoms with Gasteiger partial charge in [-0.2, -0.15) is 26.1 Å². The first-order valence-corrected chi connectivity index (χ1v) is 41.5. The number of aryl methyl sites for hydroxylation is 1. The fourth-order valence-electron chi connectivity index (χ4n) is 6.82. The van der Waals surface area contributed by atoms with E-state index in [0.29, 0.717) is 30.2 Å². The summed E-state index contributed by atoms with van der Waals surface area (Å²) in [6, 6.07) is 4.09. The molecule has 4 heterocycles. The molecule has 0 spiro atoms. The number of nitriles is 1. The predicted molar refractivity (Wildman–Crippen MR) is 389 cm³/mol. The van der Waals surface area contributed by atoms with Crippen molar-refractivity contribution < 1.29 is 120 Å². The van der Waals surface area contributed by atoms with E-state index in [4.69, 9.17) is 33.3 Å². The summed E-state index contributed by atoms with van der Waals surface area (Å²) in [5.74, 6) is 0.199. The molecule has 5 aromatic rings. The van der Waals surface area contributed by atoms with Gasteiger partial charge in [-0.1, -0.05) is 44.6 Å². The van der Waals surface area contributed by atoms with Crippen molar-refractivity contribution in [2.45, 2.75) is 193 Å². The number of aromatic nitrogens is 16. The van der Waals surface area contributed by atoms with Crippen LogP contribution in [-0.2, 0) is 122 Å². The number of rotatable bonds is 27. The van der Waals surface area contributed by atoms with Crippen LogP contribution in [-0.4, -0.2) is 268 Å². The number of hydrogen-bond acceptors (Lipinski definition) is 38. The van der Waals surface area contributed by atoms with E-state index in [1.54, 1.807) is 115 Å². The highest BCUT2D eigenvalue weighted by molar-refractivity contribution is 7.97. The highest BCUT2D eigenvalue weighted by Gasteiger charge is 2.30. The number of tetrazole rings is 4. The standard InChI is InChI=1S/C11H19N5O4S.C10H17N5O4.C10H16N2O4.C9H15N5O3.C7H8O3S.C6H11N5O2S.C6H15O5PS/c1-11(2,3)20-10(17)12-8(5-6-21(4,18)19)7-9-13-15-16-14-9;1-10(2,3)19-9(17)11-6(8(16)18-4)5-7-12-14-15-13-7;1-10(2,3)16-9(14)12-7(5-6-11)8(13)15-4;1-9(2,3)17-8(16)10-6(5-15)4-7-11-13-14-12-7;1-6-2-4-7(5-3-6)11(8,9)10;1-14(12,13)3-2-5(7)4-6-8-10-11-9-6;1-4-10-12(7,11-5-2)6-13(3,8)9/h5-6,8H,7H2,1-4H3,(H,12,17)(H,13,14,15,16);6H,5H2,1-4H3,(H,11,17)(H,12,13,14,15);7H,5H2,1-4H3,(H,12,14);5-6H,4H2,1-3H3,(H,10,16)(H,11,12,13,14);2-5H,1H3,(H,8,9,10);2-3,5H,4,7H2,1H3,(H,8,9,10,11);4-6H2,1-3H3/b6-5+;;;;;3-2+;/t8-;6-;7-;6-;;5-;/m1000.1./s1. The maximum atomic E-state index is 11.7. The number of methoxy groups -OCH3 is 2. The Balaban J connectivity index is 0. The molecule has 0 aliphatic heterocycles. The van der Waals surface area contributed by atoms with Gasteiger partial charge in [-0.25, -0.2) is 62.4 Å². The molecule has 0 bridgehead atoms. The van der Waals surface area contributed by atoms with Crippen LogP contribution in [0.2, 0.25) is 0 Å². The largest absolute Gasteiger partial charge is 0.744 e. The molecule has 5 atom stereocenters. The SMILES string of the molecule is CC(C)(C)OC(=O)N[C@H](/C=C/S(C)(=O)=O)Cc1nn[nH]n1.CC(C)(C)OC(=O)N[C@H](C=O)Cc1nn[nH]n1.CCOP(=O)(CS(C)(=O)=O)OCC.COC(=O)[C@H](CC#N)NC(=O)OC(C)(C)C.COC(=O)[C@H](Cc1nn[nH]n1)NC(=O)OC(C)(C)C.CS(=O)(=O)/C=C/[C@@H]([NH3+])Cc1nn[nH]n1.Cc1ccc(S(=O)(=O)[O-])cc1. The van der Waals surface area contributed by atoms with Gasteiger partial charge in [0.15, 0.2) is 58.3 Å². The quantitative estimate of drug-likeness (QED) is 0.0116. The van der Waals surface area contributed by atoms with Gasteiger partial charge in [0.1, 0.15) is 56.9 Å². The lowest BCUT2D eigenvalue weighted by Gasteiger charge is -2.22. The van der Waals surface area contributed by atoms with E-state index in [2.05, 4.69) is 119 Å². The fourth-order valence-corrected chi connectivity index (χ4v) is 12.0. The van der Waals surface area contributed by atoms with Gasteiger partial charge in [-0.05, 0) is 122 Å². The molecular formula is C59H101N22O25PS4. The molecule has 111 heavy (non-hydrogen) atoms. The summed E-state index contributed by atoms with van der Waals surface area (Å²) in [4.78, 5) is 79.4. The summed E-state index contributed by atoms with van der Waals surface area (Å²) >= 11 is 0. The molecule has 0 aliphatic rings. The van der Waals surface area contributed by atoms with Gasteiger partial charge >= 0.3 is 43.9 Å². The number of sulfone groups is 3. The molecule has 0 saturated carbocycles. The molecule has 0 radical (unpaired) electrons. The Morgan fingerprint density at radius 2 is 0.883 bits per heavy atom. The first kappa shape index (κ1) is 103. The molecule has 0 aliphatic carbocycles. The third kappa shape index (κ3) is 57.7. The van der Waals surface area contributed by atoms with Crippen molar-refractivity contribution in [3.8, 4) is 6.07 Å². The Hall–Kier alpha value is -9.97. The van der Waals surface area contributed by atoms with Crippen LogP contribution in [0.25, 0.3) is 0 Å². The number of carbonyl (C=O) groups excluding carboxylic acids is 7. The molecule has 5 rings (SSSR count). The molecule has 1 aromatic carbocycles. The van der Waals surface area contributed by atoms with Crippen LogP contribution in [0.3, 0.4) is 0 Å². The van der Waals surface area contributed by atoms with Gasteiger partial charge in [0.2, 0.25) is 0 Å². The topological polar surface area (TPSA) is 687 Å². The Morgan fingerprint density at radius 1 is 0.550 bits per heavy atom. The average molecular weight is 1680 g/mol. The zero-order valence-corrected chi connectivity index (χ0v) is 69.2. The third-order valence-electron chi connectivity index (χ3n) is 10.9. The third-order valence-corrected chi connectivity index (χ3v) is 17.5. The van der Waals surface area contributed by atoms with Crippen LogP contribution in [0.4, 0.5) is 19.2 Å². The van der Waals surface area contributed by atoms with E-state index in [-0.39, 0.29) is 55.7 Å². The zero-order valence-electron chi connectivity index (χ0n) is 65.0. The molecular weight excluding hydrogens is 1580 g/mol. The van der Waals surface area contributed by atoms with E-state index < -0.39 is 136 Å². The Bertz CT molecular complexity index is 4210. The Kier molecular flexibility index (Phi) is 45.8. The number of aldehydes is 1. The van der Waals surface area contributed by atoms with Gasteiger partial charge in [0, 0.05) is 48.8 Å². The molecule has 52 heteroatoms. The number of nitrogens with zero attached hydrogens (tertiary/aromatic N) is 13. The van der Waals surface area contributed by atoms with E-state index >= 15 is 0 Å². The number of carbonyl (C=O) groups is 7. The number of amides is 4. The van der Waals surface area contributed by atoms with Gasteiger partial charge in [-0.3, -0.25) is 4.57 Å². The number of esters is 2. The van der Waals surface area contributed by atoms with Crippen LogP contribution in [0.1, 0.15) is 132 Å². The minimum atomic E-state index is -4.27. The highest BCUT2D eigenvalue weighted by atomic mass is 32.2. The van der Waals surface area contributed by atoms with Gasteiger partial charge in [0.05, 0.1) is 63.3 Å². The highest BCUT2D eigenvalue weighted by Crippen LogP contribution is 2.48. The van der Waals surface area contributed by atoms with Crippen molar-refractivity contribution in [2.75, 3.05) is 51.7 Å². The van der Waals surface area contributed by atoms with E-state index in [9.17, 15) is 76.4 Å². The lowest BCUT2D eigenvalue weighted by Crippen LogP contribution is -2.61. The minimum absolute atomic E-state index is 0.0580. The number of quaternary nitrogens is 1. The molecule has 4 aromatic heterocycles. The number of alkyl carbamates (subject to hydrolysis) is 4. The summed E-state index contributed by atoms with van der Waals surface area (Å²) in [6.45, 7) is 26.1. The number of benzene rings is 1. The average Bonchev–Trinajstić information content (AvgIpc) is 1.85. The second kappa shape index (κ2) is 49.3. The van der Waals surface area contributed by atoms with Crippen molar-refractivity contribution >= 4 is 89.8 Å². The maximum absolute atomic E-state index is 11.7. The fraction of sp³-hybridized carbons (Fsp3) is 0.627. The molecule has 0 unspecified atom stereocenters. The smallest absolute Gasteiger partial charge is 0.408 e. The van der Waals surface area contributed by atoms with Crippen molar-refractivity contribution in [3.63, 3.8) is 0 Å². The molecule has 4 amide bonds. The number of nitrogens with one attached hydrogen (secondary N) is 8. The van der Waals surface area contributed by atoms with Crippen molar-refractivity contribution in [3.05, 3.63) is 76.1 Å². The number of hydrogen-bond donors (Lipinski definition) is 9. The van der Waals surface area contributed by atoms with Crippen LogP contribution in [0.15, 0.2) is 52.1 Å². The van der Waals surface area contributed by atoms with Gasteiger partial charge in [-0.15, -0.1) is 40.8 Å². The first-order valence-electron chi connectivity index (χ1n) is 32.4. The molecule has 11 N–H and O–H groups in total. The predicted octanol–water partition coefficient (Wildman–Crippen LogP) is 0.868. The van der Waals surface area contributed by atoms with E-state index in [0.717, 1.165) is 35.1 Å². The summed E-state index contributed by atoms with van der Waals surface area (Å²) in [7, 11) is -15.0. The Morgan fingerprint density at radius 3 is 1.20 bits per heavy atom. The number of ether oxygens (including phenoxy) is 6. The first-order chi connectivity index (χ1) is 50.9. The van der Waals surface area contributed by atoms with Crippen LogP contribution >= 0.6 is 7.60 Å². The van der Waals surface area contributed by atoms with Gasteiger partial charge in [0.25, 0.3) is 0 Å². The van der Waals surface area contributed by atoms with E-state index in [1.807, 2.05) is 6.92 Å². The van der Waals surface area contributed by atoms with Crippen molar-refractivity contribution in [1.29, 1.82) is 5.26 Å². The van der Waals surface area contributed by atoms with Crippen molar-refractivity contribution in [2.24, 2.45) is 0 Å². The number of aromatic amines is 4. The van der Waals surface area contributed by atoms with Gasteiger partial charge < -0.3 is 73.8 Å². The monoisotopic (exact) mass is 1680 g/mol. The minimum Gasteiger partial charge on any atom is -0.744 e. The second-order valence-electron chi connectivity index (χ2n) is 26.4.